The summed E-state index contributed by atoms with van der Waals surface area (Å²) in [5.41, 5.74) is 6.75. The molecule has 96 valence electrons. The SMILES string of the molecule is CCOCCCOc1ccc(Br)c(CCN)c1. The molecular formula is C13H20BrNO2. The molecule has 1 aromatic rings. The summed E-state index contributed by atoms with van der Waals surface area (Å²) < 4.78 is 12.0. The minimum absolute atomic E-state index is 0.645. The van der Waals surface area contributed by atoms with Crippen molar-refractivity contribution in [3.8, 4) is 5.75 Å². The normalized spacial score (nSPS) is 10.5. The summed E-state index contributed by atoms with van der Waals surface area (Å²) in [6.45, 7) is 4.84. The second-order valence-electron chi connectivity index (χ2n) is 3.69. The molecule has 0 saturated carbocycles. The highest BCUT2D eigenvalue weighted by Gasteiger charge is 2.01. The topological polar surface area (TPSA) is 44.5 Å². The largest absolute Gasteiger partial charge is 0.493 e. The van der Waals surface area contributed by atoms with Gasteiger partial charge in [-0.25, -0.2) is 0 Å². The summed E-state index contributed by atoms with van der Waals surface area (Å²) >= 11 is 3.50. The fourth-order valence-corrected chi connectivity index (χ4v) is 1.93. The van der Waals surface area contributed by atoms with Crippen LogP contribution in [0.2, 0.25) is 0 Å². The van der Waals surface area contributed by atoms with Crippen molar-refractivity contribution < 1.29 is 9.47 Å². The second-order valence-corrected chi connectivity index (χ2v) is 4.55. The van der Waals surface area contributed by atoms with Crippen LogP contribution < -0.4 is 10.5 Å². The van der Waals surface area contributed by atoms with Gasteiger partial charge >= 0.3 is 0 Å². The van der Waals surface area contributed by atoms with E-state index < -0.39 is 0 Å². The molecule has 2 N–H and O–H groups in total. The Balaban J connectivity index is 2.40. The first-order valence-corrected chi connectivity index (χ1v) is 6.76. The highest BCUT2D eigenvalue weighted by Crippen LogP contribution is 2.22. The van der Waals surface area contributed by atoms with E-state index in [0.29, 0.717) is 13.2 Å². The molecule has 1 rings (SSSR count). The number of hydrogen-bond donors (Lipinski definition) is 1. The van der Waals surface area contributed by atoms with Crippen LogP contribution in [0, 0.1) is 0 Å². The predicted octanol–water partition coefficient (Wildman–Crippen LogP) is 2.76. The molecule has 0 atom stereocenters. The van der Waals surface area contributed by atoms with Gasteiger partial charge in [-0.1, -0.05) is 15.9 Å². The van der Waals surface area contributed by atoms with Crippen LogP contribution >= 0.6 is 15.9 Å². The molecule has 0 spiro atoms. The van der Waals surface area contributed by atoms with Crippen molar-refractivity contribution >= 4 is 15.9 Å². The van der Waals surface area contributed by atoms with Gasteiger partial charge in [0, 0.05) is 24.1 Å². The van der Waals surface area contributed by atoms with Gasteiger partial charge in [0.05, 0.1) is 6.61 Å². The van der Waals surface area contributed by atoms with Crippen LogP contribution in [-0.4, -0.2) is 26.4 Å². The number of nitrogens with two attached hydrogens (primary N) is 1. The van der Waals surface area contributed by atoms with Crippen molar-refractivity contribution in [2.24, 2.45) is 5.73 Å². The van der Waals surface area contributed by atoms with Crippen molar-refractivity contribution in [1.29, 1.82) is 0 Å². The Morgan fingerprint density at radius 1 is 1.29 bits per heavy atom. The lowest BCUT2D eigenvalue weighted by atomic mass is 10.1. The van der Waals surface area contributed by atoms with Gasteiger partial charge in [-0.3, -0.25) is 0 Å². The monoisotopic (exact) mass is 301 g/mol. The van der Waals surface area contributed by atoms with E-state index in [0.717, 1.165) is 36.3 Å². The Kier molecular flexibility index (Phi) is 7.24. The van der Waals surface area contributed by atoms with E-state index in [2.05, 4.69) is 15.9 Å². The predicted molar refractivity (Wildman–Crippen MR) is 73.5 cm³/mol. The van der Waals surface area contributed by atoms with E-state index >= 15 is 0 Å². The molecule has 3 nitrogen and oxygen atoms in total. The number of rotatable bonds is 8. The van der Waals surface area contributed by atoms with Gasteiger partial charge in [-0.05, 0) is 43.7 Å². The van der Waals surface area contributed by atoms with E-state index in [-0.39, 0.29) is 0 Å². The molecule has 0 aliphatic heterocycles. The van der Waals surface area contributed by atoms with Crippen molar-refractivity contribution in [3.63, 3.8) is 0 Å². The van der Waals surface area contributed by atoms with Crippen LogP contribution in [-0.2, 0) is 11.2 Å². The van der Waals surface area contributed by atoms with Gasteiger partial charge in [0.25, 0.3) is 0 Å². The zero-order chi connectivity index (χ0) is 12.5. The second kappa shape index (κ2) is 8.50. The molecule has 0 aliphatic rings. The van der Waals surface area contributed by atoms with Gasteiger partial charge in [-0.2, -0.15) is 0 Å². The number of hydrogen-bond acceptors (Lipinski definition) is 3. The summed E-state index contributed by atoms with van der Waals surface area (Å²) in [4.78, 5) is 0. The van der Waals surface area contributed by atoms with Crippen LogP contribution in [0.15, 0.2) is 22.7 Å². The van der Waals surface area contributed by atoms with E-state index in [1.807, 2.05) is 25.1 Å². The highest BCUT2D eigenvalue weighted by molar-refractivity contribution is 9.10. The third-order valence-electron chi connectivity index (χ3n) is 2.34. The van der Waals surface area contributed by atoms with Crippen molar-refractivity contribution in [3.05, 3.63) is 28.2 Å². The van der Waals surface area contributed by atoms with Gasteiger partial charge in [0.15, 0.2) is 0 Å². The third kappa shape index (κ3) is 5.52. The molecule has 1 aromatic carbocycles. The maximum absolute atomic E-state index is 5.65. The molecule has 17 heavy (non-hydrogen) atoms. The minimum atomic E-state index is 0.645. The Labute approximate surface area is 111 Å². The van der Waals surface area contributed by atoms with Crippen LogP contribution in [0.5, 0.6) is 5.75 Å². The first-order chi connectivity index (χ1) is 8.27. The summed E-state index contributed by atoms with van der Waals surface area (Å²) in [5.74, 6) is 0.896. The zero-order valence-electron chi connectivity index (χ0n) is 10.2. The van der Waals surface area contributed by atoms with Gasteiger partial charge < -0.3 is 15.2 Å². The van der Waals surface area contributed by atoms with Crippen LogP contribution in [0.3, 0.4) is 0 Å². The summed E-state index contributed by atoms with van der Waals surface area (Å²) in [6.07, 6.45) is 1.77. The van der Waals surface area contributed by atoms with E-state index in [9.17, 15) is 0 Å². The van der Waals surface area contributed by atoms with Crippen LogP contribution in [0.1, 0.15) is 18.9 Å². The van der Waals surface area contributed by atoms with E-state index in [1.165, 1.54) is 5.56 Å². The molecule has 0 aromatic heterocycles. The Hall–Kier alpha value is -0.580. The lowest BCUT2D eigenvalue weighted by molar-refractivity contribution is 0.131. The lowest BCUT2D eigenvalue weighted by Gasteiger charge is -2.09. The molecule has 0 saturated heterocycles. The maximum Gasteiger partial charge on any atom is 0.119 e. The Bertz CT molecular complexity index is 331. The average Bonchev–Trinajstić information content (AvgIpc) is 2.33. The highest BCUT2D eigenvalue weighted by atomic mass is 79.9. The van der Waals surface area contributed by atoms with Crippen LogP contribution in [0.4, 0.5) is 0 Å². The van der Waals surface area contributed by atoms with E-state index in [4.69, 9.17) is 15.2 Å². The first-order valence-electron chi connectivity index (χ1n) is 5.97. The third-order valence-corrected chi connectivity index (χ3v) is 3.11. The quantitative estimate of drug-likeness (QED) is 0.751. The molecule has 4 heteroatoms. The number of halogens is 1. The van der Waals surface area contributed by atoms with Crippen molar-refractivity contribution in [2.75, 3.05) is 26.4 Å². The first kappa shape index (κ1) is 14.5. The Morgan fingerprint density at radius 3 is 2.82 bits per heavy atom. The molecule has 0 bridgehead atoms. The maximum atomic E-state index is 5.65. The van der Waals surface area contributed by atoms with Crippen molar-refractivity contribution in [2.45, 2.75) is 19.8 Å². The van der Waals surface area contributed by atoms with Gasteiger partial charge in [-0.15, -0.1) is 0 Å². The van der Waals surface area contributed by atoms with Gasteiger partial charge in [0.1, 0.15) is 5.75 Å². The molecule has 0 fully saturated rings. The van der Waals surface area contributed by atoms with Crippen LogP contribution in [0.25, 0.3) is 0 Å². The van der Waals surface area contributed by atoms with Gasteiger partial charge in [0.2, 0.25) is 0 Å². The number of ether oxygens (including phenoxy) is 2. The molecule has 0 amide bonds. The zero-order valence-corrected chi connectivity index (χ0v) is 11.8. The summed E-state index contributed by atoms with van der Waals surface area (Å²) in [7, 11) is 0. The fraction of sp³-hybridized carbons (Fsp3) is 0.538. The summed E-state index contributed by atoms with van der Waals surface area (Å²) in [5, 5.41) is 0. The Morgan fingerprint density at radius 2 is 2.12 bits per heavy atom. The molecule has 0 unspecified atom stereocenters. The standard InChI is InChI=1S/C13H20BrNO2/c1-2-16-8-3-9-17-12-4-5-13(14)11(10-12)6-7-15/h4-5,10H,2-3,6-9,15H2,1H3. The fourth-order valence-electron chi connectivity index (χ4n) is 1.48. The molecule has 0 aliphatic carbocycles. The molecular weight excluding hydrogens is 282 g/mol. The molecule has 0 heterocycles. The minimum Gasteiger partial charge on any atom is -0.493 e. The smallest absolute Gasteiger partial charge is 0.119 e. The number of benzene rings is 1. The lowest BCUT2D eigenvalue weighted by Crippen LogP contribution is -2.05. The van der Waals surface area contributed by atoms with E-state index in [1.54, 1.807) is 0 Å². The molecule has 0 radical (unpaired) electrons. The van der Waals surface area contributed by atoms with Crippen molar-refractivity contribution in [1.82, 2.24) is 0 Å². The average molecular weight is 302 g/mol. The summed E-state index contributed by atoms with van der Waals surface area (Å²) in [6, 6.07) is 6.01.